The average molecular weight is 572 g/mol. The van der Waals surface area contributed by atoms with Gasteiger partial charge in [-0.3, -0.25) is 19.1 Å². The number of hydrogen-bond acceptors (Lipinski definition) is 7. The van der Waals surface area contributed by atoms with Crippen LogP contribution in [0.15, 0.2) is 41.5 Å². The molecule has 0 aliphatic heterocycles. The minimum absolute atomic E-state index is 0.0885. The van der Waals surface area contributed by atoms with Crippen LogP contribution in [-0.4, -0.2) is 27.9 Å². The molecule has 0 radical (unpaired) electrons. The Morgan fingerprint density at radius 2 is 1.77 bits per heavy atom. The van der Waals surface area contributed by atoms with Gasteiger partial charge in [0.1, 0.15) is 17.0 Å². The zero-order chi connectivity index (χ0) is 28.9. The fraction of sp³-hybridized carbons (Fsp3) is 0.217. The highest BCUT2D eigenvalue weighted by Gasteiger charge is 2.36. The lowest BCUT2D eigenvalue weighted by Crippen LogP contribution is -2.25. The Morgan fingerprint density at radius 3 is 2.41 bits per heavy atom. The summed E-state index contributed by atoms with van der Waals surface area (Å²) in [5, 5.41) is 0.189. The van der Waals surface area contributed by atoms with Crippen molar-refractivity contribution in [3.8, 4) is 11.1 Å². The Hall–Kier alpha value is -4.21. The first kappa shape index (κ1) is 27.8. The van der Waals surface area contributed by atoms with Gasteiger partial charge in [0.15, 0.2) is 17.5 Å². The summed E-state index contributed by atoms with van der Waals surface area (Å²) in [7, 11) is -4.90. The lowest BCUT2D eigenvalue weighted by molar-refractivity contribution is -0.141. The van der Waals surface area contributed by atoms with E-state index >= 15 is 8.78 Å². The second-order valence-corrected chi connectivity index (χ2v) is 10.3. The molecule has 0 amide bonds. The molecule has 1 aromatic carbocycles. The lowest BCUT2D eigenvalue weighted by Gasteiger charge is -2.17. The number of benzene rings is 1. The first-order valence-electron chi connectivity index (χ1n) is 11.0. The quantitative estimate of drug-likeness (QED) is 0.259. The standard InChI is InChI=1S/C23H18F6N6O3S/c1-10(2)35-20-12(8-32-22(30)33-20)6-14(21(35)36)13-7-15(24)18(17(26)16(13)25)34-39(37,38)9-11-4-3-5-31-19(11)23(27,28)29/h3-8,10,34H,9H2,1-2H3,(H2,30,32,33). The van der Waals surface area contributed by atoms with Gasteiger partial charge in [-0.15, -0.1) is 0 Å². The van der Waals surface area contributed by atoms with E-state index < -0.39 is 79.1 Å². The van der Waals surface area contributed by atoms with Crippen molar-refractivity contribution in [3.05, 3.63) is 75.7 Å². The van der Waals surface area contributed by atoms with Crippen LogP contribution in [0.1, 0.15) is 31.1 Å². The first-order valence-corrected chi connectivity index (χ1v) is 12.6. The Labute approximate surface area is 216 Å². The fourth-order valence-corrected chi connectivity index (χ4v) is 5.11. The molecule has 0 unspecified atom stereocenters. The largest absolute Gasteiger partial charge is 0.433 e. The Bertz CT molecular complexity index is 1770. The predicted octanol–water partition coefficient (Wildman–Crippen LogP) is 4.39. The number of anilines is 2. The van der Waals surface area contributed by atoms with E-state index in [9.17, 15) is 30.8 Å². The summed E-state index contributed by atoms with van der Waals surface area (Å²) in [6, 6.07) is 2.81. The molecular weight excluding hydrogens is 554 g/mol. The van der Waals surface area contributed by atoms with E-state index in [2.05, 4.69) is 15.0 Å². The van der Waals surface area contributed by atoms with Crippen LogP contribution in [0.5, 0.6) is 0 Å². The zero-order valence-corrected chi connectivity index (χ0v) is 20.8. The number of aromatic nitrogens is 4. The summed E-state index contributed by atoms with van der Waals surface area (Å²) in [6.45, 7) is 3.20. The highest BCUT2D eigenvalue weighted by molar-refractivity contribution is 7.91. The lowest BCUT2D eigenvalue weighted by atomic mass is 10.0. The van der Waals surface area contributed by atoms with Crippen molar-refractivity contribution in [2.75, 3.05) is 10.5 Å². The maximum absolute atomic E-state index is 15.2. The first-order chi connectivity index (χ1) is 18.1. The van der Waals surface area contributed by atoms with Gasteiger partial charge >= 0.3 is 6.18 Å². The molecule has 0 spiro atoms. The van der Waals surface area contributed by atoms with Crippen molar-refractivity contribution >= 4 is 32.7 Å². The number of rotatable bonds is 6. The van der Waals surface area contributed by atoms with Crippen molar-refractivity contribution < 1.29 is 34.8 Å². The number of nitrogens with zero attached hydrogens (tertiary/aromatic N) is 4. The fourth-order valence-electron chi connectivity index (χ4n) is 3.90. The summed E-state index contributed by atoms with van der Waals surface area (Å²) < 4.78 is 112. The molecule has 0 aliphatic carbocycles. The van der Waals surface area contributed by atoms with E-state index in [0.717, 1.165) is 29.0 Å². The molecule has 0 aliphatic rings. The number of nitrogen functional groups attached to an aromatic ring is 1. The number of nitrogens with two attached hydrogens (primary N) is 1. The molecule has 206 valence electrons. The average Bonchev–Trinajstić information content (AvgIpc) is 2.83. The predicted molar refractivity (Wildman–Crippen MR) is 129 cm³/mol. The monoisotopic (exact) mass is 572 g/mol. The summed E-state index contributed by atoms with van der Waals surface area (Å²) in [5.41, 5.74) is -0.313. The summed E-state index contributed by atoms with van der Waals surface area (Å²) in [5.74, 6) is -6.95. The molecular formula is C23H18F6N6O3S. The van der Waals surface area contributed by atoms with Crippen molar-refractivity contribution in [2.24, 2.45) is 0 Å². The third-order valence-corrected chi connectivity index (χ3v) is 6.73. The van der Waals surface area contributed by atoms with Gasteiger partial charge < -0.3 is 5.73 Å². The van der Waals surface area contributed by atoms with Crippen LogP contribution in [0.3, 0.4) is 0 Å². The maximum atomic E-state index is 15.2. The topological polar surface area (TPSA) is 133 Å². The minimum Gasteiger partial charge on any atom is -0.368 e. The van der Waals surface area contributed by atoms with E-state index in [0.29, 0.717) is 6.07 Å². The van der Waals surface area contributed by atoms with Gasteiger partial charge in [-0.1, -0.05) is 6.07 Å². The van der Waals surface area contributed by atoms with Crippen LogP contribution in [0.25, 0.3) is 22.2 Å². The van der Waals surface area contributed by atoms with Crippen LogP contribution in [0.2, 0.25) is 0 Å². The van der Waals surface area contributed by atoms with E-state index in [1.807, 2.05) is 0 Å². The normalized spacial score (nSPS) is 12.3. The van der Waals surface area contributed by atoms with Crippen LogP contribution in [0.4, 0.5) is 38.0 Å². The second-order valence-electron chi connectivity index (χ2n) is 8.61. The van der Waals surface area contributed by atoms with Gasteiger partial charge in [0.2, 0.25) is 16.0 Å². The molecule has 4 rings (SSSR count). The van der Waals surface area contributed by atoms with E-state index in [-0.39, 0.29) is 17.0 Å². The maximum Gasteiger partial charge on any atom is 0.433 e. The zero-order valence-electron chi connectivity index (χ0n) is 20.0. The Kier molecular flexibility index (Phi) is 7.01. The van der Waals surface area contributed by atoms with Gasteiger partial charge in [0.25, 0.3) is 5.56 Å². The van der Waals surface area contributed by atoms with Crippen molar-refractivity contribution in [2.45, 2.75) is 31.8 Å². The molecule has 4 aromatic rings. The minimum atomic E-state index is -5.00. The third-order valence-electron chi connectivity index (χ3n) is 5.52. The second kappa shape index (κ2) is 9.83. The number of halogens is 6. The Morgan fingerprint density at radius 1 is 1.08 bits per heavy atom. The Balaban J connectivity index is 1.80. The number of pyridine rings is 2. The van der Waals surface area contributed by atoms with Crippen LogP contribution in [0, 0.1) is 17.5 Å². The highest BCUT2D eigenvalue weighted by Crippen LogP contribution is 2.34. The van der Waals surface area contributed by atoms with Crippen LogP contribution in [-0.2, 0) is 22.0 Å². The van der Waals surface area contributed by atoms with Gasteiger partial charge in [0.05, 0.1) is 11.3 Å². The number of fused-ring (bicyclic) bond motifs is 1. The van der Waals surface area contributed by atoms with Gasteiger partial charge in [-0.05, 0) is 37.6 Å². The molecule has 39 heavy (non-hydrogen) atoms. The van der Waals surface area contributed by atoms with Crippen LogP contribution >= 0.6 is 0 Å². The van der Waals surface area contributed by atoms with Crippen molar-refractivity contribution in [1.29, 1.82) is 0 Å². The SMILES string of the molecule is CC(C)n1c(=O)c(-c2cc(F)c(NS(=O)(=O)Cc3cccnc3C(F)(F)F)c(F)c2F)cc2cnc(N)nc21. The highest BCUT2D eigenvalue weighted by atomic mass is 32.2. The van der Waals surface area contributed by atoms with Gasteiger partial charge in [0, 0.05) is 29.4 Å². The molecule has 0 atom stereocenters. The third kappa shape index (κ3) is 5.36. The molecule has 16 heteroatoms. The van der Waals surface area contributed by atoms with E-state index in [1.54, 1.807) is 13.8 Å². The molecule has 3 N–H and O–H groups in total. The summed E-state index contributed by atoms with van der Waals surface area (Å²) in [4.78, 5) is 24.1. The molecule has 3 aromatic heterocycles. The summed E-state index contributed by atoms with van der Waals surface area (Å²) >= 11 is 0. The smallest absolute Gasteiger partial charge is 0.368 e. The molecule has 9 nitrogen and oxygen atoms in total. The van der Waals surface area contributed by atoms with Crippen LogP contribution < -0.4 is 16.0 Å². The van der Waals surface area contributed by atoms with Gasteiger partial charge in [-0.25, -0.2) is 26.6 Å². The van der Waals surface area contributed by atoms with E-state index in [4.69, 9.17) is 5.73 Å². The summed E-state index contributed by atoms with van der Waals surface area (Å²) in [6.07, 6.45) is -2.99. The van der Waals surface area contributed by atoms with Gasteiger partial charge in [-0.2, -0.15) is 18.2 Å². The molecule has 0 saturated carbocycles. The molecule has 3 heterocycles. The molecule has 0 saturated heterocycles. The van der Waals surface area contributed by atoms with E-state index in [1.165, 1.54) is 10.9 Å². The van der Waals surface area contributed by atoms with Crippen molar-refractivity contribution in [1.82, 2.24) is 19.5 Å². The van der Waals surface area contributed by atoms with Crippen molar-refractivity contribution in [3.63, 3.8) is 0 Å². The number of sulfonamides is 1. The number of alkyl halides is 3. The number of nitrogens with one attached hydrogen (secondary N) is 1. The number of hydrogen-bond donors (Lipinski definition) is 2. The molecule has 0 fully saturated rings. The molecule has 0 bridgehead atoms.